The van der Waals surface area contributed by atoms with Gasteiger partial charge in [-0.05, 0) is 56.6 Å². The number of nitrogens with one attached hydrogen (secondary N) is 1. The minimum Gasteiger partial charge on any atom is -0.438 e. The number of alkyl halides is 3. The molecule has 0 saturated carbocycles. The van der Waals surface area contributed by atoms with E-state index in [1.54, 1.807) is 24.3 Å². The predicted molar refractivity (Wildman–Crippen MR) is 122 cm³/mol. The van der Waals surface area contributed by atoms with Crippen molar-refractivity contribution in [1.82, 2.24) is 24.6 Å². The van der Waals surface area contributed by atoms with E-state index in [4.69, 9.17) is 16.3 Å². The van der Waals surface area contributed by atoms with E-state index in [9.17, 15) is 21.6 Å². The molecule has 1 aromatic carbocycles. The summed E-state index contributed by atoms with van der Waals surface area (Å²) in [6.45, 7) is 1.93. The lowest BCUT2D eigenvalue weighted by Gasteiger charge is -2.29. The molecule has 1 aliphatic heterocycles. The number of anilines is 1. The highest BCUT2D eigenvalue weighted by Crippen LogP contribution is 2.41. The minimum atomic E-state index is -4.94. The van der Waals surface area contributed by atoms with E-state index in [-0.39, 0.29) is 10.6 Å². The molecule has 35 heavy (non-hydrogen) atoms. The second-order valence-electron chi connectivity index (χ2n) is 8.22. The van der Waals surface area contributed by atoms with Gasteiger partial charge in [-0.15, -0.1) is 0 Å². The zero-order valence-corrected chi connectivity index (χ0v) is 20.3. The second kappa shape index (κ2) is 9.63. The Morgan fingerprint density at radius 2 is 1.77 bits per heavy atom. The van der Waals surface area contributed by atoms with Crippen LogP contribution in [0, 0.1) is 0 Å². The van der Waals surface area contributed by atoms with E-state index >= 15 is 0 Å². The van der Waals surface area contributed by atoms with Crippen molar-refractivity contribution in [3.05, 3.63) is 52.9 Å². The summed E-state index contributed by atoms with van der Waals surface area (Å²) in [6, 6.07) is 6.69. The van der Waals surface area contributed by atoms with Gasteiger partial charge < -0.3 is 9.64 Å². The molecule has 0 bridgehead atoms. The van der Waals surface area contributed by atoms with Gasteiger partial charge in [-0.3, -0.25) is 4.68 Å². The molecule has 3 aromatic rings. The van der Waals surface area contributed by atoms with Crippen molar-refractivity contribution < 1.29 is 26.3 Å². The average molecular weight is 531 g/mol. The van der Waals surface area contributed by atoms with E-state index in [2.05, 4.69) is 27.0 Å². The van der Waals surface area contributed by atoms with Crippen molar-refractivity contribution in [3.8, 4) is 11.6 Å². The summed E-state index contributed by atoms with van der Waals surface area (Å²) in [5, 5.41) is 2.76. The maximum Gasteiger partial charge on any atom is 0.424 e. The molecule has 1 saturated heterocycles. The summed E-state index contributed by atoms with van der Waals surface area (Å²) in [4.78, 5) is 9.16. The molecule has 1 fully saturated rings. The van der Waals surface area contributed by atoms with Crippen LogP contribution in [-0.2, 0) is 23.2 Å². The largest absolute Gasteiger partial charge is 0.438 e. The first-order valence-electron chi connectivity index (χ1n) is 10.5. The zero-order chi connectivity index (χ0) is 25.4. The first-order chi connectivity index (χ1) is 16.4. The molecule has 0 aliphatic carbocycles. The molecule has 0 atom stereocenters. The fourth-order valence-electron chi connectivity index (χ4n) is 3.75. The Balaban J connectivity index is 1.62. The summed E-state index contributed by atoms with van der Waals surface area (Å²) >= 11 is 5.80. The number of hydrogen-bond donors (Lipinski definition) is 1. The van der Waals surface area contributed by atoms with E-state index in [0.717, 1.165) is 37.7 Å². The molecule has 14 heteroatoms. The predicted octanol–water partition coefficient (Wildman–Crippen LogP) is 4.28. The van der Waals surface area contributed by atoms with Crippen LogP contribution < -0.4 is 9.46 Å². The number of ether oxygens (including phenoxy) is 1. The molecule has 1 N–H and O–H groups in total. The van der Waals surface area contributed by atoms with E-state index < -0.39 is 38.7 Å². The van der Waals surface area contributed by atoms with Crippen molar-refractivity contribution in [2.24, 2.45) is 7.05 Å². The van der Waals surface area contributed by atoms with Crippen LogP contribution >= 0.6 is 11.6 Å². The van der Waals surface area contributed by atoms with Crippen LogP contribution in [0.1, 0.15) is 29.9 Å². The molecule has 0 amide bonds. The van der Waals surface area contributed by atoms with Crippen LogP contribution in [0.2, 0.25) is 5.15 Å². The molecule has 0 radical (unpaired) electrons. The summed E-state index contributed by atoms with van der Waals surface area (Å²) < 4.78 is 74.8. The van der Waals surface area contributed by atoms with E-state index in [1.807, 2.05) is 4.72 Å². The fraction of sp³-hybridized carbons (Fsp3) is 0.381. The molecular formula is C21H22ClF3N6O3S. The number of hydrogen-bond acceptors (Lipinski definition) is 7. The summed E-state index contributed by atoms with van der Waals surface area (Å²) in [5.41, 5.74) is -0.352. The van der Waals surface area contributed by atoms with Crippen molar-refractivity contribution >= 4 is 27.6 Å². The molecule has 2 aromatic heterocycles. The molecule has 9 nitrogen and oxygen atoms in total. The smallest absolute Gasteiger partial charge is 0.424 e. The fourth-order valence-corrected chi connectivity index (χ4v) is 4.94. The normalized spacial score (nSPS) is 15.8. The number of sulfonamides is 1. The minimum absolute atomic E-state index is 0.0861. The number of benzene rings is 1. The number of nitrogens with zero attached hydrogens (tertiary/aromatic N) is 5. The Morgan fingerprint density at radius 3 is 2.34 bits per heavy atom. The molecule has 3 heterocycles. The number of piperidine rings is 1. The molecule has 0 spiro atoms. The van der Waals surface area contributed by atoms with Crippen molar-refractivity contribution in [3.63, 3.8) is 0 Å². The highest BCUT2D eigenvalue weighted by Gasteiger charge is 2.40. The van der Waals surface area contributed by atoms with Gasteiger partial charge in [0.15, 0.2) is 10.7 Å². The molecular weight excluding hydrogens is 509 g/mol. The van der Waals surface area contributed by atoms with Gasteiger partial charge in [-0.1, -0.05) is 23.7 Å². The lowest BCUT2D eigenvalue weighted by atomic mass is 9.90. The third-order valence-corrected chi connectivity index (χ3v) is 7.17. The zero-order valence-electron chi connectivity index (χ0n) is 18.8. The standard InChI is InChI=1S/C21H22ClF3N6O3S/c1-30-9-7-14(8-10-30)13-3-5-15(6-4-13)34-19-17(21(23,24)25)18(22)27-20(28-19)29-35(32,33)16-11-26-31(2)12-16/h3-6,11-12,14H,7-10H2,1-2H3,(H,27,28,29). The van der Waals surface area contributed by atoms with Crippen LogP contribution in [0.3, 0.4) is 0 Å². The lowest BCUT2D eigenvalue weighted by molar-refractivity contribution is -0.139. The van der Waals surface area contributed by atoms with Gasteiger partial charge >= 0.3 is 6.18 Å². The Kier molecular flexibility index (Phi) is 6.93. The van der Waals surface area contributed by atoms with Crippen molar-refractivity contribution in [2.75, 3.05) is 24.9 Å². The third-order valence-electron chi connectivity index (χ3n) is 5.62. The quantitative estimate of drug-likeness (QED) is 0.474. The van der Waals surface area contributed by atoms with Crippen LogP contribution in [-0.4, -0.2) is 53.2 Å². The number of aromatic nitrogens is 4. The summed E-state index contributed by atoms with van der Waals surface area (Å²) in [7, 11) is -0.659. The van der Waals surface area contributed by atoms with Gasteiger partial charge in [0.25, 0.3) is 10.0 Å². The third kappa shape index (κ3) is 5.85. The number of halogens is 4. The van der Waals surface area contributed by atoms with Crippen molar-refractivity contribution in [2.45, 2.75) is 29.8 Å². The number of rotatable bonds is 6. The Labute approximate surface area is 204 Å². The van der Waals surface area contributed by atoms with Gasteiger partial charge in [-0.2, -0.15) is 28.2 Å². The van der Waals surface area contributed by atoms with Gasteiger partial charge in [-0.25, -0.2) is 13.1 Å². The Morgan fingerprint density at radius 1 is 1.11 bits per heavy atom. The van der Waals surface area contributed by atoms with Crippen LogP contribution in [0.5, 0.6) is 11.6 Å². The second-order valence-corrected chi connectivity index (χ2v) is 10.3. The van der Waals surface area contributed by atoms with Gasteiger partial charge in [0.05, 0.1) is 6.20 Å². The Hall–Kier alpha value is -2.90. The lowest BCUT2D eigenvalue weighted by Crippen LogP contribution is -2.29. The topological polar surface area (TPSA) is 102 Å². The summed E-state index contributed by atoms with van der Waals surface area (Å²) in [5.74, 6) is -1.16. The number of aryl methyl sites for hydroxylation is 1. The molecule has 1 aliphatic rings. The maximum atomic E-state index is 13.7. The first-order valence-corrected chi connectivity index (χ1v) is 12.4. The van der Waals surface area contributed by atoms with Gasteiger partial charge in [0.1, 0.15) is 10.6 Å². The first kappa shape index (κ1) is 25.2. The highest BCUT2D eigenvalue weighted by atomic mass is 35.5. The van der Waals surface area contributed by atoms with Crippen LogP contribution in [0.4, 0.5) is 19.1 Å². The molecule has 188 valence electrons. The molecule has 0 unspecified atom stereocenters. The monoisotopic (exact) mass is 530 g/mol. The highest BCUT2D eigenvalue weighted by molar-refractivity contribution is 7.92. The van der Waals surface area contributed by atoms with E-state index in [0.29, 0.717) is 5.92 Å². The van der Waals surface area contributed by atoms with Gasteiger partial charge in [0.2, 0.25) is 11.8 Å². The van der Waals surface area contributed by atoms with Gasteiger partial charge in [0, 0.05) is 13.2 Å². The SMILES string of the molecule is CN1CCC(c2ccc(Oc3nc(NS(=O)(=O)c4cnn(C)c4)nc(Cl)c3C(F)(F)F)cc2)CC1. The van der Waals surface area contributed by atoms with Crippen LogP contribution in [0.15, 0.2) is 41.6 Å². The van der Waals surface area contributed by atoms with Crippen LogP contribution in [0.25, 0.3) is 0 Å². The van der Waals surface area contributed by atoms with Crippen molar-refractivity contribution in [1.29, 1.82) is 0 Å². The van der Waals surface area contributed by atoms with E-state index in [1.165, 1.54) is 17.9 Å². The maximum absolute atomic E-state index is 13.7. The Bertz CT molecular complexity index is 1310. The molecule has 4 rings (SSSR count). The average Bonchev–Trinajstić information content (AvgIpc) is 3.21. The number of likely N-dealkylation sites (tertiary alicyclic amines) is 1. The summed E-state index contributed by atoms with van der Waals surface area (Å²) in [6.07, 6.45) is -0.705.